The molecule has 5 nitrogen and oxygen atoms in total. The summed E-state index contributed by atoms with van der Waals surface area (Å²) in [7, 11) is 1.40. The van der Waals surface area contributed by atoms with Crippen LogP contribution in [0.4, 0.5) is 4.39 Å². The van der Waals surface area contributed by atoms with Crippen molar-refractivity contribution in [2.24, 2.45) is 5.41 Å². The molecule has 0 radical (unpaired) electrons. The van der Waals surface area contributed by atoms with Crippen molar-refractivity contribution < 1.29 is 28.6 Å². The molecule has 0 amide bonds. The molecule has 1 unspecified atom stereocenters. The second-order valence-electron chi connectivity index (χ2n) is 4.60. The van der Waals surface area contributed by atoms with Crippen LogP contribution in [0, 0.1) is 11.2 Å². The number of hydrogen-bond donors (Lipinski definition) is 1. The Morgan fingerprint density at radius 2 is 2.00 bits per heavy atom. The Bertz CT molecular complexity index is 529. The SMILES string of the molecule is CCOC(=O)C(CC)(Cc1ccc(OC)cc1F)C(=O)O. The number of ether oxygens (including phenoxy) is 2. The van der Waals surface area contributed by atoms with Crippen molar-refractivity contribution >= 4 is 11.9 Å². The number of carbonyl (C=O) groups is 2. The van der Waals surface area contributed by atoms with Gasteiger partial charge in [-0.2, -0.15) is 0 Å². The first-order valence-corrected chi connectivity index (χ1v) is 6.64. The summed E-state index contributed by atoms with van der Waals surface area (Å²) in [5.74, 6) is -2.46. The van der Waals surface area contributed by atoms with E-state index in [2.05, 4.69) is 0 Å². The Kier molecular flexibility index (Phi) is 5.69. The van der Waals surface area contributed by atoms with Crippen molar-refractivity contribution in [3.63, 3.8) is 0 Å². The first-order chi connectivity index (χ1) is 9.91. The zero-order valence-electron chi connectivity index (χ0n) is 12.3. The van der Waals surface area contributed by atoms with E-state index in [1.807, 2.05) is 0 Å². The summed E-state index contributed by atoms with van der Waals surface area (Å²) in [5.41, 5.74) is -1.65. The quantitative estimate of drug-likeness (QED) is 0.618. The lowest BCUT2D eigenvalue weighted by Gasteiger charge is -2.26. The zero-order chi connectivity index (χ0) is 16.0. The maximum absolute atomic E-state index is 14.0. The average Bonchev–Trinajstić information content (AvgIpc) is 2.45. The number of esters is 1. The van der Waals surface area contributed by atoms with Crippen molar-refractivity contribution in [3.05, 3.63) is 29.6 Å². The average molecular weight is 298 g/mol. The molecule has 0 saturated carbocycles. The van der Waals surface area contributed by atoms with Crippen LogP contribution in [0.5, 0.6) is 5.75 Å². The normalized spacial score (nSPS) is 13.3. The number of carboxylic acid groups (broad SMARTS) is 1. The van der Waals surface area contributed by atoms with Crippen molar-refractivity contribution in [1.29, 1.82) is 0 Å². The van der Waals surface area contributed by atoms with Gasteiger partial charge in [0.25, 0.3) is 0 Å². The van der Waals surface area contributed by atoms with Gasteiger partial charge in [-0.25, -0.2) is 4.39 Å². The molecule has 116 valence electrons. The van der Waals surface area contributed by atoms with E-state index in [0.29, 0.717) is 5.75 Å². The topological polar surface area (TPSA) is 72.8 Å². The minimum atomic E-state index is -1.79. The third-order valence-electron chi connectivity index (χ3n) is 3.43. The van der Waals surface area contributed by atoms with E-state index in [0.717, 1.165) is 6.07 Å². The Labute approximate surface area is 122 Å². The lowest BCUT2D eigenvalue weighted by Crippen LogP contribution is -2.42. The third kappa shape index (κ3) is 3.51. The van der Waals surface area contributed by atoms with Gasteiger partial charge < -0.3 is 14.6 Å². The standard InChI is InChI=1S/C15H19FO5/c1-4-15(13(17)18,14(19)21-5-2)9-10-6-7-11(20-3)8-12(10)16/h6-8H,4-5,9H2,1-3H3,(H,17,18). The van der Waals surface area contributed by atoms with E-state index < -0.39 is 23.2 Å². The highest BCUT2D eigenvalue weighted by molar-refractivity contribution is 5.99. The molecular weight excluding hydrogens is 279 g/mol. The minimum absolute atomic E-state index is 0.00658. The van der Waals surface area contributed by atoms with Crippen LogP contribution in [0.1, 0.15) is 25.8 Å². The Morgan fingerprint density at radius 3 is 2.43 bits per heavy atom. The van der Waals surface area contributed by atoms with Gasteiger partial charge in [-0.05, 0) is 25.0 Å². The fourth-order valence-electron chi connectivity index (χ4n) is 2.05. The number of carbonyl (C=O) groups excluding carboxylic acids is 1. The van der Waals surface area contributed by atoms with Gasteiger partial charge >= 0.3 is 11.9 Å². The molecule has 21 heavy (non-hydrogen) atoms. The Balaban J connectivity index is 3.18. The van der Waals surface area contributed by atoms with E-state index in [4.69, 9.17) is 9.47 Å². The number of halogens is 1. The van der Waals surface area contributed by atoms with Gasteiger partial charge in [0.05, 0.1) is 13.7 Å². The summed E-state index contributed by atoms with van der Waals surface area (Å²) < 4.78 is 23.7. The number of carboxylic acids is 1. The molecule has 1 aromatic rings. The molecular formula is C15H19FO5. The monoisotopic (exact) mass is 298 g/mol. The minimum Gasteiger partial charge on any atom is -0.497 e. The summed E-state index contributed by atoms with van der Waals surface area (Å²) in [6.07, 6.45) is -0.264. The molecule has 1 atom stereocenters. The highest BCUT2D eigenvalue weighted by atomic mass is 19.1. The molecule has 0 fully saturated rings. The van der Waals surface area contributed by atoms with Crippen LogP contribution < -0.4 is 4.74 Å². The molecule has 0 aromatic heterocycles. The maximum atomic E-state index is 14.0. The molecule has 0 saturated heterocycles. The molecule has 0 bridgehead atoms. The molecule has 0 aliphatic heterocycles. The van der Waals surface area contributed by atoms with Crippen LogP contribution in [0.25, 0.3) is 0 Å². The lowest BCUT2D eigenvalue weighted by molar-refractivity contribution is -0.168. The van der Waals surface area contributed by atoms with E-state index >= 15 is 0 Å². The second kappa shape index (κ2) is 7.06. The maximum Gasteiger partial charge on any atom is 0.323 e. The third-order valence-corrected chi connectivity index (χ3v) is 3.43. The predicted octanol–water partition coefficient (Wildman–Crippen LogP) is 2.42. The highest BCUT2D eigenvalue weighted by Crippen LogP contribution is 2.31. The van der Waals surface area contributed by atoms with Gasteiger partial charge in [0.15, 0.2) is 5.41 Å². The van der Waals surface area contributed by atoms with E-state index in [1.54, 1.807) is 13.8 Å². The van der Waals surface area contributed by atoms with Crippen LogP contribution in [0.15, 0.2) is 18.2 Å². The van der Waals surface area contributed by atoms with Crippen molar-refractivity contribution in [2.45, 2.75) is 26.7 Å². The van der Waals surface area contributed by atoms with Crippen LogP contribution in [-0.4, -0.2) is 30.8 Å². The summed E-state index contributed by atoms with van der Waals surface area (Å²) in [4.78, 5) is 23.6. The number of hydrogen-bond acceptors (Lipinski definition) is 4. The summed E-state index contributed by atoms with van der Waals surface area (Å²) >= 11 is 0. The van der Waals surface area contributed by atoms with Gasteiger partial charge in [0, 0.05) is 12.5 Å². The van der Waals surface area contributed by atoms with Crippen molar-refractivity contribution in [2.75, 3.05) is 13.7 Å². The van der Waals surface area contributed by atoms with Gasteiger partial charge in [-0.1, -0.05) is 13.0 Å². The van der Waals surface area contributed by atoms with Crippen molar-refractivity contribution in [1.82, 2.24) is 0 Å². The Morgan fingerprint density at radius 1 is 1.33 bits per heavy atom. The first kappa shape index (κ1) is 16.9. The molecule has 1 aromatic carbocycles. The summed E-state index contributed by atoms with van der Waals surface area (Å²) in [6.45, 7) is 3.22. The molecule has 1 rings (SSSR count). The fraction of sp³-hybridized carbons (Fsp3) is 0.467. The largest absolute Gasteiger partial charge is 0.497 e. The lowest BCUT2D eigenvalue weighted by atomic mass is 9.79. The molecule has 0 aliphatic rings. The van der Waals surface area contributed by atoms with Gasteiger partial charge in [0.1, 0.15) is 11.6 Å². The Hall–Kier alpha value is -2.11. The number of benzene rings is 1. The van der Waals surface area contributed by atoms with Gasteiger partial charge in [-0.15, -0.1) is 0 Å². The fourth-order valence-corrected chi connectivity index (χ4v) is 2.05. The first-order valence-electron chi connectivity index (χ1n) is 6.64. The smallest absolute Gasteiger partial charge is 0.323 e. The van der Waals surface area contributed by atoms with Crippen LogP contribution in [-0.2, 0) is 20.7 Å². The number of aliphatic carboxylic acids is 1. The van der Waals surface area contributed by atoms with E-state index in [9.17, 15) is 19.1 Å². The van der Waals surface area contributed by atoms with Crippen molar-refractivity contribution in [3.8, 4) is 5.75 Å². The predicted molar refractivity (Wildman–Crippen MR) is 73.6 cm³/mol. The van der Waals surface area contributed by atoms with Crippen LogP contribution in [0.3, 0.4) is 0 Å². The zero-order valence-corrected chi connectivity index (χ0v) is 12.3. The molecule has 0 spiro atoms. The summed E-state index contributed by atoms with van der Waals surface area (Å²) in [5, 5.41) is 9.43. The van der Waals surface area contributed by atoms with Crippen LogP contribution in [0.2, 0.25) is 0 Å². The highest BCUT2D eigenvalue weighted by Gasteiger charge is 2.46. The molecule has 6 heteroatoms. The van der Waals surface area contributed by atoms with Gasteiger partial charge in [0.2, 0.25) is 0 Å². The molecule has 0 aliphatic carbocycles. The number of methoxy groups -OCH3 is 1. The molecule has 0 heterocycles. The molecule has 1 N–H and O–H groups in total. The van der Waals surface area contributed by atoms with E-state index in [-0.39, 0.29) is 25.0 Å². The summed E-state index contributed by atoms with van der Waals surface area (Å²) in [6, 6.07) is 4.09. The van der Waals surface area contributed by atoms with Gasteiger partial charge in [-0.3, -0.25) is 9.59 Å². The number of rotatable bonds is 7. The second-order valence-corrected chi connectivity index (χ2v) is 4.60. The van der Waals surface area contributed by atoms with Crippen LogP contribution >= 0.6 is 0 Å². The van der Waals surface area contributed by atoms with E-state index in [1.165, 1.54) is 19.2 Å².